The lowest BCUT2D eigenvalue weighted by molar-refractivity contribution is 1.17. The van der Waals surface area contributed by atoms with Gasteiger partial charge in [0.15, 0.2) is 0 Å². The van der Waals surface area contributed by atoms with Gasteiger partial charge < -0.3 is 18.9 Å². The van der Waals surface area contributed by atoms with Crippen LogP contribution in [0.3, 0.4) is 0 Å². The molecular formula is C90H60N4. The number of para-hydroxylation sites is 4. The normalized spacial score (nSPS) is 11.6. The number of fused-ring (bicyclic) bond motifs is 11. The molecule has 18 rings (SSSR count). The summed E-state index contributed by atoms with van der Waals surface area (Å²) in [6.45, 7) is 0. The Balaban J connectivity index is 0.830. The minimum Gasteiger partial charge on any atom is -0.310 e. The Morgan fingerprint density at radius 2 is 0.415 bits per heavy atom. The first-order valence-corrected chi connectivity index (χ1v) is 32.3. The lowest BCUT2D eigenvalue weighted by atomic mass is 9.93. The van der Waals surface area contributed by atoms with E-state index in [2.05, 4.69) is 383 Å². The van der Waals surface area contributed by atoms with E-state index >= 15 is 0 Å². The van der Waals surface area contributed by atoms with Crippen molar-refractivity contribution in [1.29, 1.82) is 0 Å². The van der Waals surface area contributed by atoms with Gasteiger partial charge in [0.25, 0.3) is 0 Å². The highest BCUT2D eigenvalue weighted by atomic mass is 15.2. The molecule has 0 aliphatic rings. The van der Waals surface area contributed by atoms with Crippen LogP contribution in [0, 0.1) is 0 Å². The minimum atomic E-state index is 1.05. The van der Waals surface area contributed by atoms with Crippen molar-refractivity contribution >= 4 is 110 Å². The number of rotatable bonds is 12. The molecule has 0 spiro atoms. The Labute approximate surface area is 545 Å². The van der Waals surface area contributed by atoms with E-state index in [-0.39, 0.29) is 0 Å². The maximum absolute atomic E-state index is 2.48. The molecule has 2 heterocycles. The third-order valence-corrected chi connectivity index (χ3v) is 19.1. The Morgan fingerprint density at radius 3 is 0.734 bits per heavy atom. The van der Waals surface area contributed by atoms with Crippen LogP contribution in [-0.2, 0) is 0 Å². The molecule has 0 radical (unpaired) electrons. The second-order valence-corrected chi connectivity index (χ2v) is 24.4. The van der Waals surface area contributed by atoms with Crippen LogP contribution in [0.1, 0.15) is 0 Å². The van der Waals surface area contributed by atoms with Crippen molar-refractivity contribution in [3.8, 4) is 55.9 Å². The van der Waals surface area contributed by atoms with Gasteiger partial charge in [-0.15, -0.1) is 0 Å². The highest BCUT2D eigenvalue weighted by Gasteiger charge is 2.25. The van der Waals surface area contributed by atoms with Crippen LogP contribution in [0.4, 0.5) is 34.1 Å². The average Bonchev–Trinajstić information content (AvgIpc) is 0.867. The zero-order chi connectivity index (χ0) is 62.1. The summed E-state index contributed by atoms with van der Waals surface area (Å²) in [7, 11) is 0. The highest BCUT2D eigenvalue weighted by Crippen LogP contribution is 2.49. The summed E-state index contributed by atoms with van der Waals surface area (Å²) in [6.07, 6.45) is 0. The number of nitrogens with zero attached hydrogens (tertiary/aromatic N) is 4. The van der Waals surface area contributed by atoms with Crippen molar-refractivity contribution in [2.75, 3.05) is 9.80 Å². The lowest BCUT2D eigenvalue weighted by Gasteiger charge is -2.30. The van der Waals surface area contributed by atoms with Gasteiger partial charge in [0, 0.05) is 66.4 Å². The Bertz CT molecular complexity index is 5410. The van der Waals surface area contributed by atoms with Gasteiger partial charge >= 0.3 is 0 Å². The van der Waals surface area contributed by atoms with Crippen molar-refractivity contribution in [3.63, 3.8) is 0 Å². The molecule has 4 heteroatoms. The van der Waals surface area contributed by atoms with Gasteiger partial charge in [0.05, 0.1) is 33.4 Å². The zero-order valence-corrected chi connectivity index (χ0v) is 51.4. The molecule has 4 nitrogen and oxygen atoms in total. The maximum atomic E-state index is 2.48. The molecule has 0 bridgehead atoms. The van der Waals surface area contributed by atoms with Crippen LogP contribution >= 0.6 is 0 Å². The van der Waals surface area contributed by atoms with Crippen LogP contribution in [0.5, 0.6) is 0 Å². The van der Waals surface area contributed by atoms with Crippen molar-refractivity contribution in [3.05, 3.63) is 364 Å². The fourth-order valence-corrected chi connectivity index (χ4v) is 14.7. The molecule has 0 unspecified atom stereocenters. The van der Waals surface area contributed by atoms with Crippen molar-refractivity contribution in [2.45, 2.75) is 0 Å². The summed E-state index contributed by atoms with van der Waals surface area (Å²) in [6, 6.07) is 134. The molecule has 16 aromatic carbocycles. The molecule has 18 aromatic rings. The van der Waals surface area contributed by atoms with Crippen LogP contribution in [-0.4, -0.2) is 9.13 Å². The Kier molecular flexibility index (Phi) is 13.2. The van der Waals surface area contributed by atoms with E-state index in [0.717, 1.165) is 78.2 Å². The first-order chi connectivity index (χ1) is 46.6. The molecule has 2 aromatic heterocycles. The summed E-state index contributed by atoms with van der Waals surface area (Å²) >= 11 is 0. The molecule has 0 fully saturated rings. The molecule has 0 atom stereocenters. The van der Waals surface area contributed by atoms with E-state index in [0.29, 0.717) is 0 Å². The van der Waals surface area contributed by atoms with Gasteiger partial charge in [-0.1, -0.05) is 267 Å². The van der Waals surface area contributed by atoms with Gasteiger partial charge in [0.1, 0.15) is 0 Å². The molecule has 0 saturated heterocycles. The Hall–Kier alpha value is -12.5. The van der Waals surface area contributed by atoms with Crippen LogP contribution in [0.2, 0.25) is 0 Å². The van der Waals surface area contributed by atoms with E-state index in [1.165, 1.54) is 87.8 Å². The molecule has 0 saturated carbocycles. The number of benzene rings is 16. The minimum absolute atomic E-state index is 1.05. The topological polar surface area (TPSA) is 16.3 Å². The molecular weight excluding hydrogens is 1140 g/mol. The van der Waals surface area contributed by atoms with Gasteiger partial charge in [-0.05, 0) is 163 Å². The van der Waals surface area contributed by atoms with E-state index in [4.69, 9.17) is 0 Å². The molecule has 0 aliphatic heterocycles. The summed E-state index contributed by atoms with van der Waals surface area (Å²) in [5, 5.41) is 11.9. The summed E-state index contributed by atoms with van der Waals surface area (Å²) in [5.41, 5.74) is 22.7. The van der Waals surface area contributed by atoms with Crippen molar-refractivity contribution < 1.29 is 0 Å². The second-order valence-electron chi connectivity index (χ2n) is 24.4. The molecule has 94 heavy (non-hydrogen) atoms. The van der Waals surface area contributed by atoms with Crippen LogP contribution < -0.4 is 9.80 Å². The third kappa shape index (κ3) is 9.30. The van der Waals surface area contributed by atoms with Gasteiger partial charge in [-0.3, -0.25) is 0 Å². The first-order valence-electron chi connectivity index (χ1n) is 32.3. The fourth-order valence-electron chi connectivity index (χ4n) is 14.7. The van der Waals surface area contributed by atoms with Gasteiger partial charge in [0.2, 0.25) is 0 Å². The molecule has 440 valence electrons. The predicted molar refractivity (Wildman–Crippen MR) is 399 cm³/mol. The smallest absolute Gasteiger partial charge is 0.0546 e. The SMILES string of the molecule is c1ccc(-c2ccc(-c3ccc(N(c4cccc(-n5c6ccccc6c6ccccc65)c4)c4cc5c6ccccc6c(N(c6ccc(-c7ccc(-c8ccccc8)cc7)cc6)c6cccc(-n7c8ccccc8c8ccccc87)c6)cc5c5ccccc45)cc3)cc2)cc1. The monoisotopic (exact) mass is 1200 g/mol. The number of aromatic nitrogens is 2. The summed E-state index contributed by atoms with van der Waals surface area (Å²) < 4.78 is 4.84. The van der Waals surface area contributed by atoms with Crippen molar-refractivity contribution in [2.24, 2.45) is 0 Å². The molecule has 0 aliphatic carbocycles. The van der Waals surface area contributed by atoms with Gasteiger partial charge in [-0.25, -0.2) is 0 Å². The molecule has 0 amide bonds. The number of hydrogen-bond acceptors (Lipinski definition) is 2. The quantitative estimate of drug-likeness (QED) is 0.113. The average molecular weight is 1200 g/mol. The Morgan fingerprint density at radius 1 is 0.160 bits per heavy atom. The standard InChI is InChI=1S/C90H60N4/c1-3-21-61(22-4-1)63-41-45-65(46-42-63)67-49-53-69(54-50-67)91(71-25-19-27-73(57-71)93-85-37-15-11-33-79(85)80-34-12-16-38-86(80)93)89-59-83-76-30-8-10-32-78(76)90(60-84(83)75-29-7-9-31-77(75)89)92(70-55-51-68(52-56-70)66-47-43-64(44-48-66)62-23-5-2-6-24-62)72-26-20-28-74(58-72)94-87-39-17-13-35-81(87)82-36-14-18-40-88(82)94/h1-60H. The predicted octanol–water partition coefficient (Wildman–Crippen LogP) is 24.9. The zero-order valence-electron chi connectivity index (χ0n) is 51.4. The number of anilines is 6. The maximum Gasteiger partial charge on any atom is 0.0546 e. The summed E-state index contributed by atoms with van der Waals surface area (Å²) in [5.74, 6) is 0. The van der Waals surface area contributed by atoms with Crippen molar-refractivity contribution in [1.82, 2.24) is 9.13 Å². The van der Waals surface area contributed by atoms with E-state index in [1.54, 1.807) is 0 Å². The largest absolute Gasteiger partial charge is 0.310 e. The van der Waals surface area contributed by atoms with E-state index < -0.39 is 0 Å². The first kappa shape index (κ1) is 54.4. The van der Waals surface area contributed by atoms with Gasteiger partial charge in [-0.2, -0.15) is 0 Å². The number of hydrogen-bond donors (Lipinski definition) is 0. The summed E-state index contributed by atoms with van der Waals surface area (Å²) in [4.78, 5) is 4.96. The molecule has 0 N–H and O–H groups in total. The van der Waals surface area contributed by atoms with Crippen LogP contribution in [0.25, 0.3) is 132 Å². The van der Waals surface area contributed by atoms with E-state index in [1.807, 2.05) is 0 Å². The van der Waals surface area contributed by atoms with Crippen LogP contribution in [0.15, 0.2) is 364 Å². The fraction of sp³-hybridized carbons (Fsp3) is 0. The third-order valence-electron chi connectivity index (χ3n) is 19.1. The lowest BCUT2D eigenvalue weighted by Crippen LogP contribution is -2.12. The van der Waals surface area contributed by atoms with E-state index in [9.17, 15) is 0 Å². The second kappa shape index (κ2) is 22.8. The highest BCUT2D eigenvalue weighted by molar-refractivity contribution is 6.25.